The van der Waals surface area contributed by atoms with Crippen LogP contribution in [0.4, 0.5) is 0 Å². The van der Waals surface area contributed by atoms with Crippen LogP contribution in [0, 0.1) is 20.8 Å². The Labute approximate surface area is 179 Å². The van der Waals surface area contributed by atoms with E-state index < -0.39 is 20.5 Å². The van der Waals surface area contributed by atoms with Crippen molar-refractivity contribution in [1.29, 1.82) is 0 Å². The number of benzene rings is 2. The average Bonchev–Trinajstić information content (AvgIpc) is 3.21. The fraction of sp³-hybridized carbons (Fsp3) is 0.458. The largest absolute Gasteiger partial charge is 0.496 e. The highest BCUT2D eigenvalue weighted by atomic mass is 32.2. The van der Waals surface area contributed by atoms with Gasteiger partial charge in [0.1, 0.15) is 5.75 Å². The Morgan fingerprint density at radius 2 is 1.70 bits per heavy atom. The third kappa shape index (κ3) is 3.85. The Balaban J connectivity index is 1.97. The zero-order chi connectivity index (χ0) is 22.1. The van der Waals surface area contributed by atoms with E-state index in [1.165, 1.54) is 0 Å². The smallest absolute Gasteiger partial charge is 0.242 e. The number of nitrogens with one attached hydrogen (secondary N) is 1. The van der Waals surface area contributed by atoms with Crippen molar-refractivity contribution >= 4 is 15.7 Å². The maximum absolute atomic E-state index is 13.7. The molecule has 30 heavy (non-hydrogen) atoms. The van der Waals surface area contributed by atoms with Crippen LogP contribution in [0.2, 0.25) is 0 Å². The molecule has 1 atom stereocenters. The number of aryl methyl sites for hydroxylation is 3. The van der Waals surface area contributed by atoms with Crippen LogP contribution in [0.5, 0.6) is 5.75 Å². The Bertz CT molecular complexity index is 1050. The third-order valence-corrected chi connectivity index (χ3v) is 8.82. The van der Waals surface area contributed by atoms with Crippen LogP contribution in [-0.2, 0) is 14.6 Å². The maximum Gasteiger partial charge on any atom is 0.242 e. The van der Waals surface area contributed by atoms with Crippen molar-refractivity contribution in [3.8, 4) is 5.75 Å². The second-order valence-electron chi connectivity index (χ2n) is 8.39. The van der Waals surface area contributed by atoms with E-state index >= 15 is 0 Å². The minimum atomic E-state index is -3.83. The Hall–Kier alpha value is -2.34. The molecule has 0 heterocycles. The lowest BCUT2D eigenvalue weighted by Crippen LogP contribution is -2.51. The topological polar surface area (TPSA) is 72.5 Å². The minimum absolute atomic E-state index is 0.225. The number of carbonyl (C=O) groups is 1. The van der Waals surface area contributed by atoms with Crippen LogP contribution < -0.4 is 10.1 Å². The zero-order valence-corrected chi connectivity index (χ0v) is 19.2. The van der Waals surface area contributed by atoms with Crippen molar-refractivity contribution in [3.05, 3.63) is 58.7 Å². The van der Waals surface area contributed by atoms with Gasteiger partial charge in [-0.25, -0.2) is 8.42 Å². The summed E-state index contributed by atoms with van der Waals surface area (Å²) in [7, 11) is -2.25. The highest BCUT2D eigenvalue weighted by molar-refractivity contribution is 7.93. The second-order valence-corrected chi connectivity index (χ2v) is 10.7. The lowest BCUT2D eigenvalue weighted by atomic mass is 10.0. The van der Waals surface area contributed by atoms with Gasteiger partial charge in [-0.15, -0.1) is 0 Å². The summed E-state index contributed by atoms with van der Waals surface area (Å²) in [5.74, 6) is 0.250. The molecule has 0 aromatic heterocycles. The fourth-order valence-corrected chi connectivity index (χ4v) is 6.43. The molecule has 1 saturated carbocycles. The molecule has 2 aromatic rings. The van der Waals surface area contributed by atoms with Crippen molar-refractivity contribution in [3.63, 3.8) is 0 Å². The summed E-state index contributed by atoms with van der Waals surface area (Å²) in [6.45, 7) is 7.67. The molecule has 2 aromatic carbocycles. The predicted octanol–water partition coefficient (Wildman–Crippen LogP) is 4.58. The zero-order valence-electron chi connectivity index (χ0n) is 18.4. The molecule has 6 heteroatoms. The van der Waals surface area contributed by atoms with Crippen molar-refractivity contribution in [1.82, 2.24) is 5.32 Å². The van der Waals surface area contributed by atoms with E-state index in [1.54, 1.807) is 19.2 Å². The molecule has 1 aliphatic rings. The van der Waals surface area contributed by atoms with Gasteiger partial charge in [-0.1, -0.05) is 36.6 Å². The van der Waals surface area contributed by atoms with E-state index in [0.29, 0.717) is 18.6 Å². The predicted molar refractivity (Wildman–Crippen MR) is 119 cm³/mol. The summed E-state index contributed by atoms with van der Waals surface area (Å²) in [5, 5.41) is 2.98. The van der Waals surface area contributed by atoms with Gasteiger partial charge < -0.3 is 10.1 Å². The maximum atomic E-state index is 13.7. The van der Waals surface area contributed by atoms with Gasteiger partial charge in [0.25, 0.3) is 0 Å². The number of hydrogen-bond acceptors (Lipinski definition) is 4. The van der Waals surface area contributed by atoms with Gasteiger partial charge in [-0.3, -0.25) is 4.79 Å². The number of hydrogen-bond donors (Lipinski definition) is 1. The molecule has 1 N–H and O–H groups in total. The molecule has 0 radical (unpaired) electrons. The molecule has 0 spiro atoms. The number of sulfone groups is 1. The van der Waals surface area contributed by atoms with E-state index in [9.17, 15) is 13.2 Å². The quantitative estimate of drug-likeness (QED) is 0.729. The van der Waals surface area contributed by atoms with Gasteiger partial charge in [0.15, 0.2) is 14.6 Å². The standard InChI is InChI=1S/C24H31NO4S/c1-16-8-11-22(29-5)21(14-16)19(4)25-23(26)24(12-6-7-13-24)30(27,28)20-10-9-17(2)18(3)15-20/h8-11,14-15,19H,6-7,12-13H2,1-5H3,(H,25,26). The van der Waals surface area contributed by atoms with E-state index in [4.69, 9.17) is 4.74 Å². The molecule has 0 bridgehead atoms. The SMILES string of the molecule is COc1ccc(C)cc1C(C)NC(=O)C1(S(=O)(=O)c2ccc(C)c(C)c2)CCCC1. The Morgan fingerprint density at radius 1 is 1.03 bits per heavy atom. The number of rotatable bonds is 6. The third-order valence-electron chi connectivity index (χ3n) is 6.33. The number of carbonyl (C=O) groups excluding carboxylic acids is 1. The molecule has 1 amide bonds. The molecule has 1 aliphatic carbocycles. The summed E-state index contributed by atoms with van der Waals surface area (Å²) in [5.41, 5.74) is 3.81. The average molecular weight is 430 g/mol. The molecule has 162 valence electrons. The normalized spacial score (nSPS) is 16.8. The first kappa shape index (κ1) is 22.3. The number of methoxy groups -OCH3 is 1. The van der Waals surface area contributed by atoms with E-state index in [1.807, 2.05) is 52.0 Å². The number of ether oxygens (including phenoxy) is 1. The summed E-state index contributed by atoms with van der Waals surface area (Å²) >= 11 is 0. The highest BCUT2D eigenvalue weighted by Crippen LogP contribution is 2.41. The summed E-state index contributed by atoms with van der Waals surface area (Å²) in [6.07, 6.45) is 2.12. The molecule has 3 rings (SSSR count). The van der Waals surface area contributed by atoms with Gasteiger partial charge in [0.2, 0.25) is 5.91 Å². The minimum Gasteiger partial charge on any atom is -0.496 e. The summed E-state index contributed by atoms with van der Waals surface area (Å²) in [6, 6.07) is 10.5. The van der Waals surface area contributed by atoms with Crippen molar-refractivity contribution in [2.45, 2.75) is 69.1 Å². The van der Waals surface area contributed by atoms with Crippen molar-refractivity contribution in [2.75, 3.05) is 7.11 Å². The van der Waals surface area contributed by atoms with E-state index in [-0.39, 0.29) is 10.9 Å². The molecule has 0 saturated heterocycles. The second kappa shape index (κ2) is 8.42. The van der Waals surface area contributed by atoms with Crippen LogP contribution in [0.25, 0.3) is 0 Å². The van der Waals surface area contributed by atoms with Crippen LogP contribution in [0.15, 0.2) is 41.3 Å². The van der Waals surface area contributed by atoms with Gasteiger partial charge in [0.05, 0.1) is 18.0 Å². The molecule has 0 aliphatic heterocycles. The van der Waals surface area contributed by atoms with Crippen LogP contribution in [0.1, 0.15) is 60.9 Å². The first-order chi connectivity index (χ1) is 14.1. The van der Waals surface area contributed by atoms with E-state index in [2.05, 4.69) is 5.32 Å². The Morgan fingerprint density at radius 3 is 2.30 bits per heavy atom. The number of amides is 1. The molecular weight excluding hydrogens is 398 g/mol. The van der Waals surface area contributed by atoms with Crippen LogP contribution in [0.3, 0.4) is 0 Å². The lowest BCUT2D eigenvalue weighted by Gasteiger charge is -2.30. The van der Waals surface area contributed by atoms with Crippen LogP contribution in [-0.4, -0.2) is 26.2 Å². The fourth-order valence-electron chi connectivity index (χ4n) is 4.27. The van der Waals surface area contributed by atoms with Gasteiger partial charge in [-0.2, -0.15) is 0 Å². The molecular formula is C24H31NO4S. The summed E-state index contributed by atoms with van der Waals surface area (Å²) < 4.78 is 31.4. The molecule has 1 unspecified atom stereocenters. The van der Waals surface area contributed by atoms with Crippen LogP contribution >= 0.6 is 0 Å². The van der Waals surface area contributed by atoms with E-state index in [0.717, 1.165) is 35.1 Å². The molecule has 1 fully saturated rings. The van der Waals surface area contributed by atoms with Crippen molar-refractivity contribution in [2.24, 2.45) is 0 Å². The van der Waals surface area contributed by atoms with Crippen molar-refractivity contribution < 1.29 is 17.9 Å². The monoisotopic (exact) mass is 429 g/mol. The lowest BCUT2D eigenvalue weighted by molar-refractivity contribution is -0.124. The first-order valence-electron chi connectivity index (χ1n) is 10.4. The molecule has 5 nitrogen and oxygen atoms in total. The summed E-state index contributed by atoms with van der Waals surface area (Å²) in [4.78, 5) is 13.7. The van der Waals surface area contributed by atoms with Gasteiger partial charge in [-0.05, 0) is 69.9 Å². The van der Waals surface area contributed by atoms with Gasteiger partial charge >= 0.3 is 0 Å². The highest BCUT2D eigenvalue weighted by Gasteiger charge is 2.53. The Kier molecular flexibility index (Phi) is 6.27. The first-order valence-corrected chi connectivity index (χ1v) is 11.9. The van der Waals surface area contributed by atoms with Gasteiger partial charge in [0, 0.05) is 5.56 Å².